The van der Waals surface area contributed by atoms with Crippen LogP contribution >= 0.6 is 21.6 Å². The van der Waals surface area contributed by atoms with Gasteiger partial charge in [-0.05, 0) is 43.5 Å². The number of nitrogens with one attached hydrogen (secondary N) is 2. The zero-order chi connectivity index (χ0) is 15.8. The minimum absolute atomic E-state index is 0.0562. The van der Waals surface area contributed by atoms with Crippen molar-refractivity contribution in [3.63, 3.8) is 0 Å². The van der Waals surface area contributed by atoms with Gasteiger partial charge in [0.1, 0.15) is 0 Å². The quantitative estimate of drug-likeness (QED) is 0.575. The first-order valence-corrected chi connectivity index (χ1v) is 9.97. The summed E-state index contributed by atoms with van der Waals surface area (Å²) >= 11 is 0. The number of benzene rings is 1. The van der Waals surface area contributed by atoms with Gasteiger partial charge in [-0.1, -0.05) is 28.0 Å². The molecular formula is C16H22N2O2S2. The van der Waals surface area contributed by atoms with E-state index in [2.05, 4.69) is 10.6 Å². The van der Waals surface area contributed by atoms with E-state index in [9.17, 15) is 9.59 Å². The van der Waals surface area contributed by atoms with E-state index in [4.69, 9.17) is 0 Å². The first-order chi connectivity index (χ1) is 10.6. The SMILES string of the molecule is CC(=O)Nc1ccc(NC(=O)CCCC[C@@H]2CCSS2)cc1. The molecule has 1 aromatic carbocycles. The summed E-state index contributed by atoms with van der Waals surface area (Å²) in [6, 6.07) is 7.17. The predicted molar refractivity (Wildman–Crippen MR) is 96.3 cm³/mol. The summed E-state index contributed by atoms with van der Waals surface area (Å²) in [5.74, 6) is 1.22. The third-order valence-electron chi connectivity index (χ3n) is 3.40. The van der Waals surface area contributed by atoms with E-state index in [-0.39, 0.29) is 11.8 Å². The molecule has 0 bridgehead atoms. The zero-order valence-corrected chi connectivity index (χ0v) is 14.4. The van der Waals surface area contributed by atoms with E-state index in [1.807, 2.05) is 21.6 Å². The predicted octanol–water partition coefficient (Wildman–Crippen LogP) is 4.30. The molecule has 0 radical (unpaired) electrons. The Kier molecular flexibility index (Phi) is 7.12. The number of rotatable bonds is 7. The van der Waals surface area contributed by atoms with Gasteiger partial charge in [-0.15, -0.1) is 0 Å². The summed E-state index contributed by atoms with van der Waals surface area (Å²) in [6.07, 6.45) is 5.15. The maximum absolute atomic E-state index is 11.9. The van der Waals surface area contributed by atoms with Gasteiger partial charge in [0.2, 0.25) is 11.8 Å². The van der Waals surface area contributed by atoms with Crippen LogP contribution in [0.3, 0.4) is 0 Å². The molecule has 120 valence electrons. The molecular weight excluding hydrogens is 316 g/mol. The topological polar surface area (TPSA) is 58.2 Å². The molecule has 1 aliphatic heterocycles. The highest BCUT2D eigenvalue weighted by Gasteiger charge is 2.15. The molecule has 0 saturated carbocycles. The summed E-state index contributed by atoms with van der Waals surface area (Å²) in [6.45, 7) is 1.47. The second-order valence-corrected chi connectivity index (χ2v) is 8.17. The lowest BCUT2D eigenvalue weighted by Gasteiger charge is -2.08. The van der Waals surface area contributed by atoms with Crippen molar-refractivity contribution in [1.82, 2.24) is 0 Å². The van der Waals surface area contributed by atoms with Crippen LogP contribution in [-0.4, -0.2) is 22.8 Å². The van der Waals surface area contributed by atoms with Crippen molar-refractivity contribution in [1.29, 1.82) is 0 Å². The molecule has 22 heavy (non-hydrogen) atoms. The van der Waals surface area contributed by atoms with E-state index < -0.39 is 0 Å². The summed E-state index contributed by atoms with van der Waals surface area (Å²) in [5, 5.41) is 6.37. The van der Waals surface area contributed by atoms with Crippen LogP contribution in [0.4, 0.5) is 11.4 Å². The molecule has 0 spiro atoms. The minimum atomic E-state index is -0.101. The Hall–Kier alpha value is -1.14. The minimum Gasteiger partial charge on any atom is -0.326 e. The first kappa shape index (κ1) is 17.2. The van der Waals surface area contributed by atoms with Gasteiger partial charge in [0.15, 0.2) is 0 Å². The van der Waals surface area contributed by atoms with Gasteiger partial charge in [0.05, 0.1) is 0 Å². The highest BCUT2D eigenvalue weighted by atomic mass is 33.1. The molecule has 6 heteroatoms. The number of hydrogen-bond acceptors (Lipinski definition) is 4. The largest absolute Gasteiger partial charge is 0.326 e. The lowest BCUT2D eigenvalue weighted by Crippen LogP contribution is -2.11. The highest BCUT2D eigenvalue weighted by molar-refractivity contribution is 8.77. The van der Waals surface area contributed by atoms with Crippen molar-refractivity contribution in [2.75, 3.05) is 16.4 Å². The van der Waals surface area contributed by atoms with Gasteiger partial charge in [0, 0.05) is 35.7 Å². The molecule has 0 unspecified atom stereocenters. The average molecular weight is 338 g/mol. The summed E-state index contributed by atoms with van der Waals surface area (Å²) in [5.41, 5.74) is 1.50. The van der Waals surface area contributed by atoms with Gasteiger partial charge in [-0.25, -0.2) is 0 Å². The van der Waals surface area contributed by atoms with E-state index in [0.29, 0.717) is 6.42 Å². The molecule has 0 aliphatic carbocycles. The fourth-order valence-electron chi connectivity index (χ4n) is 2.29. The molecule has 2 N–H and O–H groups in total. The Bertz CT molecular complexity index is 499. The van der Waals surface area contributed by atoms with Crippen LogP contribution in [0, 0.1) is 0 Å². The van der Waals surface area contributed by atoms with Crippen LogP contribution in [0.5, 0.6) is 0 Å². The maximum Gasteiger partial charge on any atom is 0.224 e. The Morgan fingerprint density at radius 2 is 1.82 bits per heavy atom. The molecule has 1 atom stereocenters. The molecule has 2 amide bonds. The first-order valence-electron chi connectivity index (χ1n) is 7.59. The van der Waals surface area contributed by atoms with Gasteiger partial charge < -0.3 is 10.6 Å². The summed E-state index contributed by atoms with van der Waals surface area (Å²) in [7, 11) is 3.96. The van der Waals surface area contributed by atoms with Crippen LogP contribution < -0.4 is 10.6 Å². The fourth-order valence-corrected chi connectivity index (χ4v) is 5.31. The molecule has 0 aromatic heterocycles. The van der Waals surface area contributed by atoms with Crippen molar-refractivity contribution in [3.05, 3.63) is 24.3 Å². The standard InChI is InChI=1S/C16H22N2O2S2/c1-12(19)17-13-6-8-14(9-7-13)18-16(20)5-3-2-4-15-10-11-21-22-15/h6-9,15H,2-5,10-11H2,1H3,(H,17,19)(H,18,20)/t15-/m1/s1. The van der Waals surface area contributed by atoms with Crippen LogP contribution in [0.15, 0.2) is 24.3 Å². The van der Waals surface area contributed by atoms with E-state index in [0.717, 1.165) is 29.5 Å². The zero-order valence-electron chi connectivity index (χ0n) is 12.8. The number of carbonyl (C=O) groups excluding carboxylic acids is 2. The Morgan fingerprint density at radius 1 is 1.14 bits per heavy atom. The number of carbonyl (C=O) groups is 2. The van der Waals surface area contributed by atoms with Gasteiger partial charge in [-0.3, -0.25) is 9.59 Å². The highest BCUT2D eigenvalue weighted by Crippen LogP contribution is 2.39. The van der Waals surface area contributed by atoms with E-state index >= 15 is 0 Å². The van der Waals surface area contributed by atoms with Crippen molar-refractivity contribution in [2.24, 2.45) is 0 Å². The van der Waals surface area contributed by atoms with Crippen LogP contribution in [0.2, 0.25) is 0 Å². The number of unbranched alkanes of at least 4 members (excludes halogenated alkanes) is 1. The monoisotopic (exact) mass is 338 g/mol. The van der Waals surface area contributed by atoms with Crippen molar-refractivity contribution < 1.29 is 9.59 Å². The fraction of sp³-hybridized carbons (Fsp3) is 0.500. The second kappa shape index (κ2) is 9.10. The molecule has 1 aliphatic rings. The van der Waals surface area contributed by atoms with Crippen molar-refractivity contribution >= 4 is 44.8 Å². The van der Waals surface area contributed by atoms with Gasteiger partial charge >= 0.3 is 0 Å². The smallest absolute Gasteiger partial charge is 0.224 e. The molecule has 2 rings (SSSR count). The molecule has 1 heterocycles. The number of hydrogen-bond donors (Lipinski definition) is 2. The van der Waals surface area contributed by atoms with E-state index in [1.54, 1.807) is 24.3 Å². The Balaban J connectivity index is 1.64. The third kappa shape index (κ3) is 6.32. The summed E-state index contributed by atoms with van der Waals surface area (Å²) in [4.78, 5) is 22.8. The summed E-state index contributed by atoms with van der Waals surface area (Å²) < 4.78 is 0. The number of amides is 2. The van der Waals surface area contributed by atoms with Gasteiger partial charge in [-0.2, -0.15) is 0 Å². The molecule has 4 nitrogen and oxygen atoms in total. The molecule has 1 fully saturated rings. The Morgan fingerprint density at radius 3 is 2.41 bits per heavy atom. The Labute approximate surface area is 139 Å². The maximum atomic E-state index is 11.9. The van der Waals surface area contributed by atoms with Crippen molar-refractivity contribution in [3.8, 4) is 0 Å². The lowest BCUT2D eigenvalue weighted by atomic mass is 10.1. The average Bonchev–Trinajstić information content (AvgIpc) is 2.98. The van der Waals surface area contributed by atoms with Crippen molar-refractivity contribution in [2.45, 2.75) is 44.3 Å². The van der Waals surface area contributed by atoms with Crippen LogP contribution in [0.1, 0.15) is 39.0 Å². The van der Waals surface area contributed by atoms with Gasteiger partial charge in [0.25, 0.3) is 0 Å². The molecule has 1 aromatic rings. The van der Waals surface area contributed by atoms with E-state index in [1.165, 1.54) is 25.5 Å². The lowest BCUT2D eigenvalue weighted by molar-refractivity contribution is -0.116. The van der Waals surface area contributed by atoms with Crippen LogP contribution in [0.25, 0.3) is 0 Å². The van der Waals surface area contributed by atoms with Crippen LogP contribution in [-0.2, 0) is 9.59 Å². The number of anilines is 2. The second-order valence-electron chi connectivity index (χ2n) is 5.38. The molecule has 1 saturated heterocycles. The third-order valence-corrected chi connectivity index (χ3v) is 6.40. The normalized spacial score (nSPS) is 17.2.